The maximum atomic E-state index is 4.13. The Kier molecular flexibility index (Phi) is 4.84. The molecule has 0 saturated heterocycles. The molecule has 2 heteroatoms. The van der Waals surface area contributed by atoms with Crippen LogP contribution in [0.1, 0.15) is 69.3 Å². The van der Waals surface area contributed by atoms with Gasteiger partial charge < -0.3 is 10.6 Å². The van der Waals surface area contributed by atoms with Gasteiger partial charge in [-0.05, 0) is 49.3 Å². The van der Waals surface area contributed by atoms with Crippen molar-refractivity contribution in [3.8, 4) is 0 Å². The van der Waals surface area contributed by atoms with Gasteiger partial charge in [0.1, 0.15) is 0 Å². The quantitative estimate of drug-likeness (QED) is 0.781. The maximum absolute atomic E-state index is 4.13. The molecule has 2 fully saturated rings. The van der Waals surface area contributed by atoms with Crippen molar-refractivity contribution in [3.05, 3.63) is 42.2 Å². The highest BCUT2D eigenvalue weighted by Crippen LogP contribution is 2.33. The summed E-state index contributed by atoms with van der Waals surface area (Å²) in [6.45, 7) is 4.13. The molecule has 3 rings (SSSR count). The molecule has 2 saturated carbocycles. The minimum absolute atomic E-state index is 0.617. The van der Waals surface area contributed by atoms with E-state index >= 15 is 0 Å². The summed E-state index contributed by atoms with van der Waals surface area (Å²) in [5.74, 6) is 1.71. The zero-order valence-corrected chi connectivity index (χ0v) is 13.0. The molecule has 1 aromatic rings. The molecule has 0 amide bonds. The van der Waals surface area contributed by atoms with Gasteiger partial charge in [0.25, 0.3) is 0 Å². The van der Waals surface area contributed by atoms with E-state index in [1.54, 1.807) is 0 Å². The summed E-state index contributed by atoms with van der Waals surface area (Å²) in [6, 6.07) is 9.54. The monoisotopic (exact) mass is 284 g/mol. The second-order valence-electron chi connectivity index (χ2n) is 6.69. The predicted octanol–water partition coefficient (Wildman–Crippen LogP) is 5.15. The van der Waals surface area contributed by atoms with Crippen LogP contribution in [0.15, 0.2) is 36.7 Å². The smallest absolute Gasteiger partial charge is 0.0959 e. The number of hydrogen-bond acceptors (Lipinski definition) is 2. The Balaban J connectivity index is 1.58. The summed E-state index contributed by atoms with van der Waals surface area (Å²) in [5.41, 5.74) is 2.67. The third-order valence-corrected chi connectivity index (χ3v) is 4.99. The lowest BCUT2D eigenvalue weighted by Gasteiger charge is -2.23. The van der Waals surface area contributed by atoms with E-state index < -0.39 is 0 Å². The molecule has 2 aliphatic rings. The Labute approximate surface area is 129 Å². The van der Waals surface area contributed by atoms with Crippen molar-refractivity contribution >= 4 is 5.69 Å². The van der Waals surface area contributed by atoms with Crippen LogP contribution in [-0.4, -0.2) is 6.04 Å². The van der Waals surface area contributed by atoms with Gasteiger partial charge in [-0.15, -0.1) is 0 Å². The highest BCUT2D eigenvalue weighted by Gasteiger charge is 2.16. The first-order valence-electron chi connectivity index (χ1n) is 8.64. The third-order valence-electron chi connectivity index (χ3n) is 4.99. The van der Waals surface area contributed by atoms with Crippen molar-refractivity contribution in [3.63, 3.8) is 0 Å². The molecule has 0 unspecified atom stereocenters. The van der Waals surface area contributed by atoms with E-state index in [0.29, 0.717) is 6.04 Å². The lowest BCUT2D eigenvalue weighted by Crippen LogP contribution is -2.28. The molecule has 0 aromatic heterocycles. The second-order valence-corrected chi connectivity index (χ2v) is 6.69. The summed E-state index contributed by atoms with van der Waals surface area (Å²) < 4.78 is 0. The van der Waals surface area contributed by atoms with Crippen LogP contribution in [-0.2, 0) is 0 Å². The summed E-state index contributed by atoms with van der Waals surface area (Å²) >= 11 is 0. The lowest BCUT2D eigenvalue weighted by molar-refractivity contribution is 0.444. The van der Waals surface area contributed by atoms with Gasteiger partial charge in [-0.1, -0.05) is 50.8 Å². The predicted molar refractivity (Wildman–Crippen MR) is 90.4 cm³/mol. The number of benzene rings is 1. The van der Waals surface area contributed by atoms with E-state index in [0.717, 1.165) is 11.7 Å². The Bertz CT molecular complexity index is 468. The molecule has 0 radical (unpaired) electrons. The van der Waals surface area contributed by atoms with Crippen LogP contribution >= 0.6 is 0 Å². The van der Waals surface area contributed by atoms with Crippen LogP contribution < -0.4 is 10.6 Å². The van der Waals surface area contributed by atoms with Crippen molar-refractivity contribution in [1.82, 2.24) is 5.32 Å². The lowest BCUT2D eigenvalue weighted by atomic mass is 9.84. The molecule has 2 N–H and O–H groups in total. The van der Waals surface area contributed by atoms with E-state index in [1.165, 1.54) is 69.0 Å². The molecule has 21 heavy (non-hydrogen) atoms. The van der Waals surface area contributed by atoms with Crippen LogP contribution in [0.3, 0.4) is 0 Å². The molecule has 0 atom stereocenters. The van der Waals surface area contributed by atoms with Crippen molar-refractivity contribution < 1.29 is 0 Å². The summed E-state index contributed by atoms with van der Waals surface area (Å²) in [7, 11) is 0. The van der Waals surface area contributed by atoms with E-state index in [9.17, 15) is 0 Å². The second kappa shape index (κ2) is 7.02. The van der Waals surface area contributed by atoms with Crippen molar-refractivity contribution in [2.24, 2.45) is 0 Å². The first-order valence-corrected chi connectivity index (χ1v) is 8.64. The fraction of sp³-hybridized carbons (Fsp3) is 0.579. The van der Waals surface area contributed by atoms with Crippen LogP contribution in [0.4, 0.5) is 5.69 Å². The van der Waals surface area contributed by atoms with E-state index in [1.807, 2.05) is 0 Å². The normalized spacial score (nSPS) is 20.4. The topological polar surface area (TPSA) is 24.1 Å². The number of anilines is 1. The van der Waals surface area contributed by atoms with Crippen molar-refractivity contribution in [2.75, 3.05) is 5.32 Å². The van der Waals surface area contributed by atoms with E-state index in [-0.39, 0.29) is 0 Å². The molecule has 114 valence electrons. The van der Waals surface area contributed by atoms with Gasteiger partial charge in [-0.2, -0.15) is 0 Å². The Morgan fingerprint density at radius 3 is 2.43 bits per heavy atom. The molecule has 2 aliphatic carbocycles. The molecular weight excluding hydrogens is 256 g/mol. The fourth-order valence-corrected chi connectivity index (χ4v) is 3.83. The molecule has 1 aromatic carbocycles. The highest BCUT2D eigenvalue weighted by molar-refractivity contribution is 5.50. The SMILES string of the molecule is C=C(Nc1cccc(C2CCCCC2)c1)NC1CCCC1. The average molecular weight is 284 g/mol. The van der Waals surface area contributed by atoms with Gasteiger partial charge in [0.2, 0.25) is 0 Å². The minimum atomic E-state index is 0.617. The minimum Gasteiger partial charge on any atom is -0.369 e. The first kappa shape index (κ1) is 14.5. The van der Waals surface area contributed by atoms with E-state index in [4.69, 9.17) is 0 Å². The zero-order chi connectivity index (χ0) is 14.5. The third kappa shape index (κ3) is 4.03. The average Bonchev–Trinajstić information content (AvgIpc) is 3.01. The van der Waals surface area contributed by atoms with Crippen LogP contribution in [0, 0.1) is 0 Å². The number of rotatable bonds is 5. The van der Waals surface area contributed by atoms with Gasteiger partial charge in [0.15, 0.2) is 0 Å². The zero-order valence-electron chi connectivity index (χ0n) is 13.0. The number of nitrogens with one attached hydrogen (secondary N) is 2. The van der Waals surface area contributed by atoms with Gasteiger partial charge >= 0.3 is 0 Å². The summed E-state index contributed by atoms with van der Waals surface area (Å²) in [5, 5.41) is 6.96. The largest absolute Gasteiger partial charge is 0.369 e. The van der Waals surface area contributed by atoms with Gasteiger partial charge in [0, 0.05) is 11.7 Å². The molecular formula is C19H28N2. The molecule has 0 spiro atoms. The summed E-state index contributed by atoms with van der Waals surface area (Å²) in [4.78, 5) is 0. The van der Waals surface area contributed by atoms with Crippen molar-refractivity contribution in [1.29, 1.82) is 0 Å². The molecule has 0 bridgehead atoms. The standard InChI is InChI=1S/C19H28N2/c1-15(20-18-11-5-6-12-18)21-19-13-7-10-17(14-19)16-8-3-2-4-9-16/h7,10,13-14,16,18,20-21H,1-6,8-9,11-12H2. The van der Waals surface area contributed by atoms with Crippen molar-refractivity contribution in [2.45, 2.75) is 69.7 Å². The highest BCUT2D eigenvalue weighted by atomic mass is 15.1. The first-order chi connectivity index (χ1) is 10.3. The van der Waals surface area contributed by atoms with Crippen LogP contribution in [0.2, 0.25) is 0 Å². The molecule has 0 heterocycles. The maximum Gasteiger partial charge on any atom is 0.0959 e. The molecule has 2 nitrogen and oxygen atoms in total. The summed E-state index contributed by atoms with van der Waals surface area (Å²) in [6.07, 6.45) is 12.2. The van der Waals surface area contributed by atoms with Crippen LogP contribution in [0.5, 0.6) is 0 Å². The number of hydrogen-bond donors (Lipinski definition) is 2. The van der Waals surface area contributed by atoms with Gasteiger partial charge in [-0.3, -0.25) is 0 Å². The fourth-order valence-electron chi connectivity index (χ4n) is 3.83. The Morgan fingerprint density at radius 2 is 1.67 bits per heavy atom. The Hall–Kier alpha value is -1.44. The van der Waals surface area contributed by atoms with Gasteiger partial charge in [-0.25, -0.2) is 0 Å². The van der Waals surface area contributed by atoms with Crippen LogP contribution in [0.25, 0.3) is 0 Å². The van der Waals surface area contributed by atoms with E-state index in [2.05, 4.69) is 41.5 Å². The van der Waals surface area contributed by atoms with Gasteiger partial charge in [0.05, 0.1) is 5.82 Å². The molecule has 0 aliphatic heterocycles. The Morgan fingerprint density at radius 1 is 0.952 bits per heavy atom.